The van der Waals surface area contributed by atoms with Crippen LogP contribution in [-0.2, 0) is 15.0 Å². The molecular formula is C18H19ClF4N2O2. The molecule has 2 aliphatic rings. The Kier molecular flexibility index (Phi) is 5.14. The molecule has 1 aliphatic heterocycles. The van der Waals surface area contributed by atoms with Crippen molar-refractivity contribution in [1.82, 2.24) is 10.2 Å². The Morgan fingerprint density at radius 2 is 1.96 bits per heavy atom. The number of carbonyl (C=O) groups excluding carboxylic acids is 2. The zero-order chi connectivity index (χ0) is 20.0. The Labute approximate surface area is 158 Å². The molecule has 2 amide bonds. The maximum atomic E-state index is 13.9. The van der Waals surface area contributed by atoms with E-state index in [2.05, 4.69) is 5.32 Å². The van der Waals surface area contributed by atoms with Crippen LogP contribution in [-0.4, -0.2) is 47.9 Å². The summed E-state index contributed by atoms with van der Waals surface area (Å²) < 4.78 is 54.1. The van der Waals surface area contributed by atoms with Gasteiger partial charge in [0.25, 0.3) is 0 Å². The third kappa shape index (κ3) is 3.63. The topological polar surface area (TPSA) is 49.4 Å². The lowest BCUT2D eigenvalue weighted by atomic mass is 9.90. The molecule has 4 nitrogen and oxygen atoms in total. The van der Waals surface area contributed by atoms with E-state index in [-0.39, 0.29) is 6.54 Å². The van der Waals surface area contributed by atoms with Crippen LogP contribution in [0.4, 0.5) is 17.6 Å². The Morgan fingerprint density at radius 3 is 2.52 bits per heavy atom. The summed E-state index contributed by atoms with van der Waals surface area (Å²) in [4.78, 5) is 25.7. The molecule has 1 heterocycles. The van der Waals surface area contributed by atoms with Crippen LogP contribution in [0, 0.1) is 18.7 Å². The Hall–Kier alpha value is -1.83. The van der Waals surface area contributed by atoms with Crippen molar-refractivity contribution in [2.24, 2.45) is 5.92 Å². The number of benzene rings is 1. The Balaban J connectivity index is 1.85. The Bertz CT molecular complexity index is 764. The summed E-state index contributed by atoms with van der Waals surface area (Å²) >= 11 is 5.38. The van der Waals surface area contributed by atoms with Gasteiger partial charge in [-0.25, -0.2) is 4.39 Å². The fourth-order valence-corrected chi connectivity index (χ4v) is 3.92. The molecular weight excluding hydrogens is 388 g/mol. The summed E-state index contributed by atoms with van der Waals surface area (Å²) in [7, 11) is 0. The quantitative estimate of drug-likeness (QED) is 0.617. The van der Waals surface area contributed by atoms with Gasteiger partial charge in [-0.2, -0.15) is 13.2 Å². The van der Waals surface area contributed by atoms with Gasteiger partial charge in [-0.05, 0) is 37.0 Å². The fraction of sp³-hybridized carbons (Fsp3) is 0.556. The molecule has 1 saturated heterocycles. The van der Waals surface area contributed by atoms with Gasteiger partial charge in [0.2, 0.25) is 11.8 Å². The van der Waals surface area contributed by atoms with E-state index in [9.17, 15) is 27.2 Å². The second-order valence-electron chi connectivity index (χ2n) is 7.16. The standard InChI is InChI=1S/C18H19ClF4N2O2/c1-10-11(3-2-4-13(10)20)17(5-6-17)16(27)25-8-12(18(21,22)23)14(9-25)24-15(26)7-19/h2-4,12,14H,5-9H2,1H3,(H,24,26)/t12-,14-/m1/s1. The van der Waals surface area contributed by atoms with Gasteiger partial charge in [-0.3, -0.25) is 9.59 Å². The molecule has 1 N–H and O–H groups in total. The van der Waals surface area contributed by atoms with E-state index in [1.165, 1.54) is 12.1 Å². The number of nitrogens with one attached hydrogen (secondary N) is 1. The molecule has 148 valence electrons. The minimum absolute atomic E-state index is 0.248. The van der Waals surface area contributed by atoms with Crippen molar-refractivity contribution in [3.63, 3.8) is 0 Å². The van der Waals surface area contributed by atoms with Gasteiger partial charge in [-0.15, -0.1) is 11.6 Å². The largest absolute Gasteiger partial charge is 0.395 e. The van der Waals surface area contributed by atoms with Crippen LogP contribution in [0.2, 0.25) is 0 Å². The smallest absolute Gasteiger partial charge is 0.350 e. The van der Waals surface area contributed by atoms with E-state index in [0.717, 1.165) is 4.90 Å². The van der Waals surface area contributed by atoms with Crippen LogP contribution in [0.3, 0.4) is 0 Å². The Morgan fingerprint density at radius 1 is 1.30 bits per heavy atom. The first kappa shape index (κ1) is 19.9. The molecule has 1 saturated carbocycles. The van der Waals surface area contributed by atoms with Crippen molar-refractivity contribution in [2.45, 2.75) is 37.4 Å². The number of hydrogen-bond acceptors (Lipinski definition) is 2. The zero-order valence-corrected chi connectivity index (χ0v) is 15.3. The maximum Gasteiger partial charge on any atom is 0.395 e. The molecule has 1 aromatic carbocycles. The molecule has 1 aromatic rings. The molecule has 0 radical (unpaired) electrons. The SMILES string of the molecule is Cc1c(F)cccc1C1(C(=O)N2C[C@@H](C(F)(F)F)[C@H](NC(=O)CCl)C2)CC1. The third-order valence-corrected chi connectivity index (χ3v) is 5.68. The lowest BCUT2D eigenvalue weighted by Crippen LogP contribution is -2.46. The second-order valence-corrected chi connectivity index (χ2v) is 7.43. The van der Waals surface area contributed by atoms with E-state index < -0.39 is 53.6 Å². The summed E-state index contributed by atoms with van der Waals surface area (Å²) in [6.07, 6.45) is -3.64. The average Bonchev–Trinajstić information content (AvgIpc) is 3.29. The molecule has 1 aliphatic carbocycles. The number of carbonyl (C=O) groups is 2. The average molecular weight is 407 g/mol. The molecule has 3 rings (SSSR count). The minimum atomic E-state index is -4.56. The molecule has 2 fully saturated rings. The van der Waals surface area contributed by atoms with Gasteiger partial charge < -0.3 is 10.2 Å². The first-order valence-corrected chi connectivity index (χ1v) is 9.10. The number of nitrogens with zero attached hydrogens (tertiary/aromatic N) is 1. The van der Waals surface area contributed by atoms with Gasteiger partial charge in [-0.1, -0.05) is 12.1 Å². The zero-order valence-electron chi connectivity index (χ0n) is 14.6. The molecule has 0 unspecified atom stereocenters. The number of likely N-dealkylation sites (tertiary alicyclic amines) is 1. The highest BCUT2D eigenvalue weighted by atomic mass is 35.5. The lowest BCUT2D eigenvalue weighted by molar-refractivity contribution is -0.176. The van der Waals surface area contributed by atoms with Crippen molar-refractivity contribution in [3.05, 3.63) is 35.1 Å². The van der Waals surface area contributed by atoms with E-state index >= 15 is 0 Å². The molecule has 27 heavy (non-hydrogen) atoms. The number of alkyl halides is 4. The summed E-state index contributed by atoms with van der Waals surface area (Å²) in [5.74, 6) is -3.94. The second kappa shape index (κ2) is 6.96. The van der Waals surface area contributed by atoms with E-state index in [4.69, 9.17) is 11.6 Å². The van der Waals surface area contributed by atoms with Gasteiger partial charge in [0.1, 0.15) is 11.7 Å². The van der Waals surface area contributed by atoms with Crippen LogP contribution in [0.15, 0.2) is 18.2 Å². The molecule has 0 bridgehead atoms. The van der Waals surface area contributed by atoms with E-state index in [1.54, 1.807) is 13.0 Å². The predicted molar refractivity (Wildman–Crippen MR) is 90.8 cm³/mol. The van der Waals surface area contributed by atoms with Crippen LogP contribution < -0.4 is 5.32 Å². The van der Waals surface area contributed by atoms with E-state index in [1.807, 2.05) is 0 Å². The van der Waals surface area contributed by atoms with Crippen molar-refractivity contribution in [3.8, 4) is 0 Å². The predicted octanol–water partition coefficient (Wildman–Crippen LogP) is 2.91. The van der Waals surface area contributed by atoms with Crippen molar-refractivity contribution < 1.29 is 27.2 Å². The maximum absolute atomic E-state index is 13.9. The van der Waals surface area contributed by atoms with Crippen LogP contribution >= 0.6 is 11.6 Å². The van der Waals surface area contributed by atoms with Crippen molar-refractivity contribution in [1.29, 1.82) is 0 Å². The van der Waals surface area contributed by atoms with Crippen molar-refractivity contribution in [2.75, 3.05) is 19.0 Å². The van der Waals surface area contributed by atoms with Crippen LogP contribution in [0.5, 0.6) is 0 Å². The van der Waals surface area contributed by atoms with Gasteiger partial charge >= 0.3 is 6.18 Å². The highest BCUT2D eigenvalue weighted by Crippen LogP contribution is 2.51. The first-order chi connectivity index (χ1) is 12.6. The van der Waals surface area contributed by atoms with Gasteiger partial charge in [0.05, 0.1) is 17.4 Å². The summed E-state index contributed by atoms with van der Waals surface area (Å²) in [5.41, 5.74) is -0.125. The normalized spacial score (nSPS) is 24.0. The number of rotatable bonds is 4. The monoisotopic (exact) mass is 406 g/mol. The number of halogens is 5. The van der Waals surface area contributed by atoms with Crippen LogP contribution in [0.1, 0.15) is 24.0 Å². The molecule has 0 aromatic heterocycles. The van der Waals surface area contributed by atoms with Gasteiger partial charge in [0, 0.05) is 13.1 Å². The highest BCUT2D eigenvalue weighted by Gasteiger charge is 2.58. The number of amides is 2. The van der Waals surface area contributed by atoms with Crippen LogP contribution in [0.25, 0.3) is 0 Å². The van der Waals surface area contributed by atoms with Gasteiger partial charge in [0.15, 0.2) is 0 Å². The third-order valence-electron chi connectivity index (χ3n) is 5.44. The van der Waals surface area contributed by atoms with Crippen molar-refractivity contribution >= 4 is 23.4 Å². The minimum Gasteiger partial charge on any atom is -0.350 e. The summed E-state index contributed by atoms with van der Waals surface area (Å²) in [6, 6.07) is 3.18. The first-order valence-electron chi connectivity index (χ1n) is 8.57. The fourth-order valence-electron chi connectivity index (χ4n) is 3.84. The number of hydrogen-bond donors (Lipinski definition) is 1. The molecule has 2 atom stereocenters. The lowest BCUT2D eigenvalue weighted by Gasteiger charge is -2.25. The molecule has 9 heteroatoms. The summed E-state index contributed by atoms with van der Waals surface area (Å²) in [5, 5.41) is 2.26. The highest BCUT2D eigenvalue weighted by molar-refractivity contribution is 6.27. The summed E-state index contributed by atoms with van der Waals surface area (Å²) in [6.45, 7) is 0.775. The molecule has 0 spiro atoms. The van der Waals surface area contributed by atoms with E-state index in [0.29, 0.717) is 24.0 Å².